The normalized spacial score (nSPS) is 12.9. The van der Waals surface area contributed by atoms with Crippen LogP contribution in [-0.2, 0) is 22.6 Å². The van der Waals surface area contributed by atoms with Gasteiger partial charge in [-0.2, -0.15) is 0 Å². The lowest BCUT2D eigenvalue weighted by molar-refractivity contribution is 0.0804. The van der Waals surface area contributed by atoms with E-state index in [0.29, 0.717) is 19.8 Å². The van der Waals surface area contributed by atoms with Crippen LogP contribution >= 0.6 is 0 Å². The van der Waals surface area contributed by atoms with Crippen molar-refractivity contribution < 1.29 is 21.7 Å². The van der Waals surface area contributed by atoms with Gasteiger partial charge in [0.25, 0.3) is 0 Å². The predicted molar refractivity (Wildman–Crippen MR) is 69.3 cm³/mol. The van der Waals surface area contributed by atoms with Crippen molar-refractivity contribution in [1.29, 1.82) is 0 Å². The van der Waals surface area contributed by atoms with Crippen molar-refractivity contribution in [3.8, 4) is 0 Å². The average Bonchev–Trinajstić information content (AvgIpc) is 2.27. The maximum Gasteiger partial charge on any atom is 0.634 e. The Balaban J connectivity index is 4.92. The summed E-state index contributed by atoms with van der Waals surface area (Å²) < 4.78 is 40.1. The second-order valence-corrected chi connectivity index (χ2v) is 11.0. The molecule has 0 aromatic heterocycles. The molecular formula is C10H24O5SSi. The molecule has 0 N–H and O–H groups in total. The standard InChI is InChI=1S/C10H24O5SSi/c1-5-8-13-17(14-9-6-2,15-10-7-3)16(4,11)12/h5-10H2,1-4H3. The first-order chi connectivity index (χ1) is 7.93. The van der Waals surface area contributed by atoms with E-state index in [1.165, 1.54) is 0 Å². The van der Waals surface area contributed by atoms with Crippen LogP contribution in [0.25, 0.3) is 0 Å². The van der Waals surface area contributed by atoms with Crippen molar-refractivity contribution in [2.45, 2.75) is 40.0 Å². The monoisotopic (exact) mass is 284 g/mol. The van der Waals surface area contributed by atoms with Gasteiger partial charge in [-0.1, -0.05) is 20.8 Å². The molecule has 0 spiro atoms. The summed E-state index contributed by atoms with van der Waals surface area (Å²) in [6.45, 7) is 6.77. The molecule has 0 saturated heterocycles. The van der Waals surface area contributed by atoms with Crippen LogP contribution in [0.3, 0.4) is 0 Å². The topological polar surface area (TPSA) is 61.8 Å². The quantitative estimate of drug-likeness (QED) is 0.572. The summed E-state index contributed by atoms with van der Waals surface area (Å²) in [6.07, 6.45) is 3.32. The van der Waals surface area contributed by atoms with E-state index in [1.807, 2.05) is 20.8 Å². The molecule has 0 unspecified atom stereocenters. The third-order valence-corrected chi connectivity index (χ3v) is 8.27. The fourth-order valence-electron chi connectivity index (χ4n) is 1.13. The van der Waals surface area contributed by atoms with Gasteiger partial charge in [-0.25, -0.2) is 8.42 Å². The van der Waals surface area contributed by atoms with Crippen LogP contribution in [0.2, 0.25) is 0 Å². The molecule has 7 heteroatoms. The Bertz CT molecular complexity index is 269. The third kappa shape index (κ3) is 5.48. The number of rotatable bonds is 10. The Morgan fingerprint density at radius 1 is 0.824 bits per heavy atom. The van der Waals surface area contributed by atoms with Crippen molar-refractivity contribution >= 4 is 17.2 Å². The molecule has 5 nitrogen and oxygen atoms in total. The molecule has 0 bridgehead atoms. The number of hydrogen-bond acceptors (Lipinski definition) is 5. The zero-order valence-corrected chi connectivity index (χ0v) is 13.0. The highest BCUT2D eigenvalue weighted by molar-refractivity contribution is 8.19. The lowest BCUT2D eigenvalue weighted by Crippen LogP contribution is -2.53. The summed E-state index contributed by atoms with van der Waals surface area (Å²) in [5.74, 6) is 0. The largest absolute Gasteiger partial charge is 0.634 e. The Kier molecular flexibility index (Phi) is 8.22. The van der Waals surface area contributed by atoms with Gasteiger partial charge in [0.15, 0.2) is 0 Å². The fourth-order valence-corrected chi connectivity index (χ4v) is 6.06. The summed E-state index contributed by atoms with van der Waals surface area (Å²) in [4.78, 5) is 0. The van der Waals surface area contributed by atoms with E-state index < -0.39 is 17.2 Å². The molecule has 0 heterocycles. The first-order valence-corrected chi connectivity index (χ1v) is 10.4. The zero-order chi connectivity index (χ0) is 13.4. The summed E-state index contributed by atoms with van der Waals surface area (Å²) in [7, 11) is -7.06. The summed E-state index contributed by atoms with van der Waals surface area (Å²) >= 11 is 0. The first-order valence-electron chi connectivity index (χ1n) is 6.05. The summed E-state index contributed by atoms with van der Waals surface area (Å²) in [6, 6.07) is 0. The van der Waals surface area contributed by atoms with Gasteiger partial charge in [-0.05, 0) is 19.3 Å². The smallest absolute Gasteiger partial charge is 0.363 e. The molecule has 0 aliphatic carbocycles. The minimum atomic E-state index is -3.59. The van der Waals surface area contributed by atoms with E-state index in [1.54, 1.807) is 0 Å². The molecule has 0 fully saturated rings. The summed E-state index contributed by atoms with van der Waals surface area (Å²) in [5.41, 5.74) is 0. The minimum Gasteiger partial charge on any atom is -0.363 e. The van der Waals surface area contributed by atoms with E-state index >= 15 is 0 Å². The van der Waals surface area contributed by atoms with E-state index in [9.17, 15) is 8.42 Å². The van der Waals surface area contributed by atoms with E-state index in [0.717, 1.165) is 25.5 Å². The Labute approximate surface area is 105 Å². The van der Waals surface area contributed by atoms with Crippen molar-refractivity contribution in [3.63, 3.8) is 0 Å². The van der Waals surface area contributed by atoms with Crippen LogP contribution in [0.4, 0.5) is 0 Å². The molecular weight excluding hydrogens is 260 g/mol. The maximum absolute atomic E-state index is 11.9. The van der Waals surface area contributed by atoms with Crippen LogP contribution in [-0.4, -0.2) is 42.4 Å². The Morgan fingerprint density at radius 2 is 1.12 bits per heavy atom. The van der Waals surface area contributed by atoms with Crippen LogP contribution in [0.15, 0.2) is 0 Å². The van der Waals surface area contributed by atoms with Crippen LogP contribution in [0.1, 0.15) is 40.0 Å². The molecule has 0 aromatic rings. The molecule has 0 radical (unpaired) electrons. The summed E-state index contributed by atoms with van der Waals surface area (Å²) in [5, 5.41) is 0. The van der Waals surface area contributed by atoms with Gasteiger partial charge in [-0.15, -0.1) is 0 Å². The van der Waals surface area contributed by atoms with Gasteiger partial charge in [-0.3, -0.25) is 0 Å². The van der Waals surface area contributed by atoms with Gasteiger partial charge in [0, 0.05) is 26.1 Å². The van der Waals surface area contributed by atoms with Gasteiger partial charge >= 0.3 is 7.95 Å². The van der Waals surface area contributed by atoms with E-state index in [-0.39, 0.29) is 0 Å². The maximum atomic E-state index is 11.9. The Morgan fingerprint density at radius 3 is 1.29 bits per heavy atom. The van der Waals surface area contributed by atoms with Crippen molar-refractivity contribution in [1.82, 2.24) is 0 Å². The van der Waals surface area contributed by atoms with Gasteiger partial charge in [0.1, 0.15) is 0 Å². The first kappa shape index (κ1) is 17.0. The zero-order valence-electron chi connectivity index (χ0n) is 11.2. The molecule has 17 heavy (non-hydrogen) atoms. The van der Waals surface area contributed by atoms with Gasteiger partial charge < -0.3 is 13.3 Å². The highest BCUT2D eigenvalue weighted by Crippen LogP contribution is 2.18. The van der Waals surface area contributed by atoms with E-state index in [4.69, 9.17) is 13.3 Å². The SMILES string of the molecule is CCCO[Si](OCCC)(OCCC)S(C)(=O)=O. The fraction of sp³-hybridized carbons (Fsp3) is 1.00. The predicted octanol–water partition coefficient (Wildman–Crippen LogP) is 1.75. The molecule has 0 atom stereocenters. The molecule has 0 aliphatic rings. The lowest BCUT2D eigenvalue weighted by atomic mass is 10.5. The van der Waals surface area contributed by atoms with Gasteiger partial charge in [0.2, 0.25) is 9.29 Å². The van der Waals surface area contributed by atoms with Crippen molar-refractivity contribution in [2.75, 3.05) is 26.1 Å². The second-order valence-electron chi connectivity index (χ2n) is 3.82. The van der Waals surface area contributed by atoms with Gasteiger partial charge in [0.05, 0.1) is 0 Å². The van der Waals surface area contributed by atoms with Crippen molar-refractivity contribution in [3.05, 3.63) is 0 Å². The molecule has 0 saturated carbocycles. The van der Waals surface area contributed by atoms with Crippen LogP contribution < -0.4 is 0 Å². The van der Waals surface area contributed by atoms with E-state index in [2.05, 4.69) is 0 Å². The highest BCUT2D eigenvalue weighted by Gasteiger charge is 2.53. The van der Waals surface area contributed by atoms with Crippen molar-refractivity contribution in [2.24, 2.45) is 0 Å². The molecule has 0 amide bonds. The molecule has 104 valence electrons. The average molecular weight is 284 g/mol. The lowest BCUT2D eigenvalue weighted by Gasteiger charge is -2.26. The third-order valence-electron chi connectivity index (χ3n) is 1.90. The molecule has 0 rings (SSSR count). The Hall–Kier alpha value is 0.0469. The second kappa shape index (κ2) is 8.20. The number of hydrogen-bond donors (Lipinski definition) is 0. The molecule has 0 aliphatic heterocycles. The van der Waals surface area contributed by atoms with Crippen LogP contribution in [0, 0.1) is 0 Å². The van der Waals surface area contributed by atoms with Crippen LogP contribution in [0.5, 0.6) is 0 Å². The molecule has 0 aromatic carbocycles. The highest BCUT2D eigenvalue weighted by atomic mass is 32.4. The minimum absolute atomic E-state index is 0.340.